The third kappa shape index (κ3) is 5.81. The van der Waals surface area contributed by atoms with Gasteiger partial charge >= 0.3 is 6.03 Å². The molecule has 0 saturated carbocycles. The van der Waals surface area contributed by atoms with Crippen molar-refractivity contribution in [3.63, 3.8) is 0 Å². The van der Waals surface area contributed by atoms with Crippen LogP contribution in [0.5, 0.6) is 0 Å². The molecule has 5 heteroatoms. The van der Waals surface area contributed by atoms with Gasteiger partial charge in [0, 0.05) is 35.0 Å². The van der Waals surface area contributed by atoms with E-state index in [1.54, 1.807) is 6.26 Å². The van der Waals surface area contributed by atoms with E-state index in [4.69, 9.17) is 0 Å². The van der Waals surface area contributed by atoms with Gasteiger partial charge in [0.25, 0.3) is 0 Å². The zero-order valence-electron chi connectivity index (χ0n) is 14.1. The van der Waals surface area contributed by atoms with E-state index in [9.17, 15) is 9.00 Å². The third-order valence-electron chi connectivity index (χ3n) is 3.94. The molecule has 2 amide bonds. The van der Waals surface area contributed by atoms with Crippen molar-refractivity contribution in [1.29, 1.82) is 0 Å². The highest BCUT2D eigenvalue weighted by Crippen LogP contribution is 2.17. The van der Waals surface area contributed by atoms with Gasteiger partial charge < -0.3 is 10.6 Å². The van der Waals surface area contributed by atoms with Gasteiger partial charge in [-0.05, 0) is 35.6 Å². The highest BCUT2D eigenvalue weighted by molar-refractivity contribution is 7.84. The van der Waals surface area contributed by atoms with Crippen molar-refractivity contribution < 1.29 is 9.00 Å². The number of urea groups is 1. The number of carbonyl (C=O) groups is 1. The minimum atomic E-state index is -0.974. The Morgan fingerprint density at radius 2 is 1.71 bits per heavy atom. The lowest BCUT2D eigenvalue weighted by molar-refractivity contribution is 0.240. The summed E-state index contributed by atoms with van der Waals surface area (Å²) in [6, 6.07) is 17.5. The lowest BCUT2D eigenvalue weighted by Gasteiger charge is -2.13. The number of nitrogens with one attached hydrogen (secondary N) is 2. The fraction of sp³-hybridized carbons (Fsp3) is 0.316. The average molecular weight is 344 g/mol. The molecule has 0 aliphatic rings. The second kappa shape index (κ2) is 9.23. The van der Waals surface area contributed by atoms with E-state index in [1.807, 2.05) is 42.5 Å². The van der Waals surface area contributed by atoms with E-state index in [0.29, 0.717) is 19.0 Å². The Balaban J connectivity index is 1.69. The van der Waals surface area contributed by atoms with Crippen molar-refractivity contribution >= 4 is 16.8 Å². The molecule has 0 unspecified atom stereocenters. The van der Waals surface area contributed by atoms with Gasteiger partial charge in [0.05, 0.1) is 0 Å². The summed E-state index contributed by atoms with van der Waals surface area (Å²) in [6.45, 7) is 3.25. The molecule has 0 bridgehead atoms. The molecule has 2 aromatic carbocycles. The van der Waals surface area contributed by atoms with Gasteiger partial charge in [-0.25, -0.2) is 4.79 Å². The molecule has 0 aromatic heterocycles. The average Bonchev–Trinajstić information content (AvgIpc) is 2.61. The molecule has 2 aromatic rings. The van der Waals surface area contributed by atoms with E-state index >= 15 is 0 Å². The van der Waals surface area contributed by atoms with Crippen LogP contribution in [0.15, 0.2) is 59.5 Å². The zero-order valence-corrected chi connectivity index (χ0v) is 14.9. The van der Waals surface area contributed by atoms with Crippen LogP contribution in [-0.2, 0) is 17.3 Å². The second-order valence-electron chi connectivity index (χ2n) is 5.81. The Morgan fingerprint density at radius 3 is 2.33 bits per heavy atom. The Labute approximate surface area is 146 Å². The predicted octanol–water partition coefficient (Wildman–Crippen LogP) is 3.42. The van der Waals surface area contributed by atoms with E-state index in [0.717, 1.165) is 16.9 Å². The molecule has 4 nitrogen and oxygen atoms in total. The summed E-state index contributed by atoms with van der Waals surface area (Å²) in [5, 5.41) is 5.72. The molecule has 0 fully saturated rings. The summed E-state index contributed by atoms with van der Waals surface area (Å²) in [6.07, 6.45) is 2.55. The number of hydrogen-bond donors (Lipinski definition) is 2. The topological polar surface area (TPSA) is 58.2 Å². The van der Waals surface area contributed by atoms with Crippen molar-refractivity contribution in [1.82, 2.24) is 10.6 Å². The van der Waals surface area contributed by atoms with Crippen molar-refractivity contribution in [2.75, 3.05) is 12.8 Å². The molecule has 0 heterocycles. The Hall–Kier alpha value is -2.14. The maximum absolute atomic E-state index is 11.8. The molecule has 0 radical (unpaired) electrons. The van der Waals surface area contributed by atoms with Crippen LogP contribution < -0.4 is 10.6 Å². The highest BCUT2D eigenvalue weighted by Gasteiger charge is 2.06. The molecule has 128 valence electrons. The van der Waals surface area contributed by atoms with Crippen LogP contribution in [-0.4, -0.2) is 23.0 Å². The van der Waals surface area contributed by atoms with Crippen LogP contribution in [0.2, 0.25) is 0 Å². The summed E-state index contributed by atoms with van der Waals surface area (Å²) in [5.74, 6) is 0.411. The van der Waals surface area contributed by atoms with Gasteiger partial charge in [0.15, 0.2) is 0 Å². The SMILES string of the molecule is C[C@@H](CCNC(=O)NCc1ccc([S@@](C)=O)cc1)c1ccccc1. The summed E-state index contributed by atoms with van der Waals surface area (Å²) < 4.78 is 11.3. The zero-order chi connectivity index (χ0) is 17.4. The molecule has 2 atom stereocenters. The van der Waals surface area contributed by atoms with E-state index in [-0.39, 0.29) is 6.03 Å². The summed E-state index contributed by atoms with van der Waals surface area (Å²) in [4.78, 5) is 12.6. The minimum Gasteiger partial charge on any atom is -0.338 e. The highest BCUT2D eigenvalue weighted by atomic mass is 32.2. The molecule has 0 aliphatic carbocycles. The third-order valence-corrected chi connectivity index (χ3v) is 4.88. The largest absolute Gasteiger partial charge is 0.338 e. The van der Waals surface area contributed by atoms with Gasteiger partial charge in [-0.2, -0.15) is 0 Å². The number of amides is 2. The summed E-state index contributed by atoms with van der Waals surface area (Å²) >= 11 is 0. The molecule has 0 saturated heterocycles. The Bertz CT molecular complexity index is 672. The first-order chi connectivity index (χ1) is 11.6. The van der Waals surface area contributed by atoms with Crippen LogP contribution in [0, 0.1) is 0 Å². The normalized spacial score (nSPS) is 13.1. The fourth-order valence-corrected chi connectivity index (χ4v) is 2.91. The minimum absolute atomic E-state index is 0.168. The Kier molecular flexibility index (Phi) is 7.00. The summed E-state index contributed by atoms with van der Waals surface area (Å²) in [7, 11) is -0.974. The van der Waals surface area contributed by atoms with Gasteiger partial charge in [0.1, 0.15) is 0 Å². The maximum Gasteiger partial charge on any atom is 0.315 e. The van der Waals surface area contributed by atoms with Crippen molar-refractivity contribution in [2.45, 2.75) is 30.7 Å². The molecule has 0 spiro atoms. The molecule has 2 rings (SSSR count). The first kappa shape index (κ1) is 18.2. The van der Waals surface area contributed by atoms with Crippen LogP contribution in [0.25, 0.3) is 0 Å². The number of carbonyl (C=O) groups excluding carboxylic acids is 1. The number of benzene rings is 2. The van der Waals surface area contributed by atoms with Crippen molar-refractivity contribution in [2.24, 2.45) is 0 Å². The smallest absolute Gasteiger partial charge is 0.315 e. The van der Waals surface area contributed by atoms with Crippen LogP contribution in [0.4, 0.5) is 4.79 Å². The fourth-order valence-electron chi connectivity index (χ4n) is 2.39. The van der Waals surface area contributed by atoms with Crippen molar-refractivity contribution in [3.8, 4) is 0 Å². The van der Waals surface area contributed by atoms with Crippen LogP contribution >= 0.6 is 0 Å². The number of hydrogen-bond acceptors (Lipinski definition) is 2. The second-order valence-corrected chi connectivity index (χ2v) is 7.19. The molecular formula is C19H24N2O2S. The first-order valence-corrected chi connectivity index (χ1v) is 9.61. The van der Waals surface area contributed by atoms with E-state index < -0.39 is 10.8 Å². The van der Waals surface area contributed by atoms with Gasteiger partial charge in [0.2, 0.25) is 0 Å². The van der Waals surface area contributed by atoms with Gasteiger partial charge in [-0.3, -0.25) is 4.21 Å². The molecule has 0 aliphatic heterocycles. The molecule has 24 heavy (non-hydrogen) atoms. The first-order valence-electron chi connectivity index (χ1n) is 8.05. The molecular weight excluding hydrogens is 320 g/mol. The Morgan fingerprint density at radius 1 is 1.04 bits per heavy atom. The standard InChI is InChI=1S/C19H24N2O2S/c1-15(17-6-4-3-5-7-17)12-13-20-19(22)21-14-16-8-10-18(11-9-16)24(2)23/h3-11,15H,12-14H2,1-2H3,(H2,20,21,22)/t15-,24+/m0/s1. The molecule has 2 N–H and O–H groups in total. The lowest BCUT2D eigenvalue weighted by Crippen LogP contribution is -2.35. The quantitative estimate of drug-likeness (QED) is 0.808. The maximum atomic E-state index is 11.8. The van der Waals surface area contributed by atoms with Crippen LogP contribution in [0.1, 0.15) is 30.4 Å². The van der Waals surface area contributed by atoms with Gasteiger partial charge in [-0.1, -0.05) is 49.4 Å². The van der Waals surface area contributed by atoms with Crippen LogP contribution in [0.3, 0.4) is 0 Å². The van der Waals surface area contributed by atoms with Gasteiger partial charge in [-0.15, -0.1) is 0 Å². The lowest BCUT2D eigenvalue weighted by atomic mass is 9.98. The monoisotopic (exact) mass is 344 g/mol. The summed E-state index contributed by atoms with van der Waals surface area (Å²) in [5.41, 5.74) is 2.27. The van der Waals surface area contributed by atoms with E-state index in [2.05, 4.69) is 29.7 Å². The number of rotatable bonds is 7. The van der Waals surface area contributed by atoms with Crippen molar-refractivity contribution in [3.05, 3.63) is 65.7 Å². The van der Waals surface area contributed by atoms with E-state index in [1.165, 1.54) is 5.56 Å². The predicted molar refractivity (Wildman–Crippen MR) is 98.5 cm³/mol.